The number of piperidine rings is 1. The van der Waals surface area contributed by atoms with E-state index in [4.69, 9.17) is 4.74 Å². The van der Waals surface area contributed by atoms with Crippen LogP contribution in [0.5, 0.6) is 5.75 Å². The van der Waals surface area contributed by atoms with Crippen LogP contribution < -0.4 is 9.64 Å². The molecular formula is C23H34N4O3. The van der Waals surface area contributed by atoms with Gasteiger partial charge in [-0.2, -0.15) is 0 Å². The predicted molar refractivity (Wildman–Crippen MR) is 117 cm³/mol. The van der Waals surface area contributed by atoms with Crippen LogP contribution in [0.25, 0.3) is 0 Å². The van der Waals surface area contributed by atoms with Gasteiger partial charge in [0.05, 0.1) is 7.11 Å². The summed E-state index contributed by atoms with van der Waals surface area (Å²) in [5.74, 6) is 1.19. The van der Waals surface area contributed by atoms with Gasteiger partial charge in [-0.1, -0.05) is 0 Å². The Morgan fingerprint density at radius 3 is 2.07 bits per heavy atom. The zero-order valence-electron chi connectivity index (χ0n) is 18.1. The SMILES string of the molecule is COc1ccc(N2CCCN(C(=O)C3CCN(C(=O)N4CCCC4)CC3)CC2)cc1. The number of carbonyl (C=O) groups excluding carboxylic acids is 2. The third-order valence-corrected chi connectivity index (χ3v) is 6.74. The molecule has 4 rings (SSSR count). The Kier molecular flexibility index (Phi) is 6.65. The van der Waals surface area contributed by atoms with Gasteiger partial charge in [0, 0.05) is 64.0 Å². The lowest BCUT2D eigenvalue weighted by atomic mass is 9.95. The number of rotatable bonds is 3. The smallest absolute Gasteiger partial charge is 0.319 e. The van der Waals surface area contributed by atoms with Gasteiger partial charge in [0.2, 0.25) is 5.91 Å². The molecule has 0 N–H and O–H groups in total. The lowest BCUT2D eigenvalue weighted by Crippen LogP contribution is -2.48. The first-order chi connectivity index (χ1) is 14.7. The van der Waals surface area contributed by atoms with Crippen molar-refractivity contribution in [2.45, 2.75) is 32.1 Å². The predicted octanol–water partition coefficient (Wildman–Crippen LogP) is 2.66. The summed E-state index contributed by atoms with van der Waals surface area (Å²) in [6.07, 6.45) is 4.78. The standard InChI is InChI=1S/C23H34N4O3/c1-30-21-7-5-20(6-8-21)24-13-4-14-25(18-17-24)22(28)19-9-15-27(16-10-19)23(29)26-11-2-3-12-26/h5-8,19H,2-4,9-18H2,1H3. The van der Waals surface area contributed by atoms with E-state index in [-0.39, 0.29) is 17.9 Å². The normalized spacial score (nSPS) is 21.0. The highest BCUT2D eigenvalue weighted by Crippen LogP contribution is 2.24. The molecule has 3 saturated heterocycles. The number of methoxy groups -OCH3 is 1. The third-order valence-electron chi connectivity index (χ3n) is 6.74. The van der Waals surface area contributed by atoms with Crippen molar-refractivity contribution >= 4 is 17.6 Å². The van der Waals surface area contributed by atoms with E-state index in [1.165, 1.54) is 5.69 Å². The number of urea groups is 1. The van der Waals surface area contributed by atoms with Crippen LogP contribution in [-0.2, 0) is 4.79 Å². The summed E-state index contributed by atoms with van der Waals surface area (Å²) in [5, 5.41) is 0. The highest BCUT2D eigenvalue weighted by molar-refractivity contribution is 5.80. The molecule has 3 fully saturated rings. The van der Waals surface area contributed by atoms with Crippen molar-refractivity contribution in [2.24, 2.45) is 5.92 Å². The first-order valence-electron chi connectivity index (χ1n) is 11.4. The summed E-state index contributed by atoms with van der Waals surface area (Å²) in [5.41, 5.74) is 1.18. The molecule has 0 spiro atoms. The van der Waals surface area contributed by atoms with E-state index in [2.05, 4.69) is 17.0 Å². The van der Waals surface area contributed by atoms with Gasteiger partial charge in [-0.05, 0) is 56.4 Å². The maximum absolute atomic E-state index is 13.1. The molecule has 0 atom stereocenters. The van der Waals surface area contributed by atoms with Crippen LogP contribution >= 0.6 is 0 Å². The molecule has 3 heterocycles. The largest absolute Gasteiger partial charge is 0.497 e. The van der Waals surface area contributed by atoms with E-state index < -0.39 is 0 Å². The summed E-state index contributed by atoms with van der Waals surface area (Å²) < 4.78 is 5.25. The number of anilines is 1. The van der Waals surface area contributed by atoms with Crippen molar-refractivity contribution in [2.75, 3.05) is 64.4 Å². The minimum atomic E-state index is 0.0557. The number of nitrogens with zero attached hydrogens (tertiary/aromatic N) is 4. The Bertz CT molecular complexity index is 724. The highest BCUT2D eigenvalue weighted by Gasteiger charge is 2.33. The number of carbonyl (C=O) groups is 2. The number of benzene rings is 1. The van der Waals surface area contributed by atoms with Crippen molar-refractivity contribution in [1.82, 2.24) is 14.7 Å². The molecule has 30 heavy (non-hydrogen) atoms. The molecule has 0 bridgehead atoms. The second-order valence-corrected chi connectivity index (χ2v) is 8.60. The number of likely N-dealkylation sites (tertiary alicyclic amines) is 2. The van der Waals surface area contributed by atoms with Crippen LogP contribution in [-0.4, -0.2) is 86.1 Å². The molecule has 0 aliphatic carbocycles. The van der Waals surface area contributed by atoms with E-state index in [0.717, 1.165) is 77.1 Å². The molecule has 0 saturated carbocycles. The number of ether oxygens (including phenoxy) is 1. The Labute approximate surface area is 179 Å². The van der Waals surface area contributed by atoms with E-state index >= 15 is 0 Å². The fourth-order valence-electron chi connectivity index (χ4n) is 4.87. The minimum Gasteiger partial charge on any atom is -0.497 e. The molecule has 7 heteroatoms. The van der Waals surface area contributed by atoms with Crippen molar-refractivity contribution in [3.8, 4) is 5.75 Å². The minimum absolute atomic E-state index is 0.0557. The third kappa shape index (κ3) is 4.65. The summed E-state index contributed by atoms with van der Waals surface area (Å²) in [7, 11) is 1.68. The topological polar surface area (TPSA) is 56.3 Å². The second-order valence-electron chi connectivity index (χ2n) is 8.60. The van der Waals surface area contributed by atoms with Gasteiger partial charge in [0.25, 0.3) is 0 Å². The zero-order valence-corrected chi connectivity index (χ0v) is 18.1. The Balaban J connectivity index is 1.27. The summed E-state index contributed by atoms with van der Waals surface area (Å²) in [6.45, 7) is 6.57. The summed E-state index contributed by atoms with van der Waals surface area (Å²) >= 11 is 0. The Morgan fingerprint density at radius 2 is 1.40 bits per heavy atom. The van der Waals surface area contributed by atoms with Gasteiger partial charge in [0.15, 0.2) is 0 Å². The molecule has 3 aliphatic heterocycles. The number of amides is 3. The molecule has 0 aromatic heterocycles. The Morgan fingerprint density at radius 1 is 0.767 bits per heavy atom. The lowest BCUT2D eigenvalue weighted by molar-refractivity contribution is -0.136. The molecule has 1 aromatic rings. The monoisotopic (exact) mass is 414 g/mol. The number of hydrogen-bond donors (Lipinski definition) is 0. The van der Waals surface area contributed by atoms with Gasteiger partial charge in [-0.3, -0.25) is 4.79 Å². The molecule has 3 amide bonds. The lowest BCUT2D eigenvalue weighted by Gasteiger charge is -2.35. The van der Waals surface area contributed by atoms with E-state index in [9.17, 15) is 9.59 Å². The van der Waals surface area contributed by atoms with Gasteiger partial charge < -0.3 is 24.3 Å². The fraction of sp³-hybridized carbons (Fsp3) is 0.652. The number of hydrogen-bond acceptors (Lipinski definition) is 4. The van der Waals surface area contributed by atoms with Crippen LogP contribution in [0.15, 0.2) is 24.3 Å². The molecule has 1 aromatic carbocycles. The fourth-order valence-corrected chi connectivity index (χ4v) is 4.87. The first-order valence-corrected chi connectivity index (χ1v) is 11.4. The van der Waals surface area contributed by atoms with Gasteiger partial charge >= 0.3 is 6.03 Å². The van der Waals surface area contributed by atoms with Crippen LogP contribution in [0.1, 0.15) is 32.1 Å². The first kappa shape index (κ1) is 20.8. The summed E-state index contributed by atoms with van der Waals surface area (Å²) in [4.78, 5) is 34.0. The van der Waals surface area contributed by atoms with E-state index in [1.807, 2.05) is 26.8 Å². The quantitative estimate of drug-likeness (QED) is 0.763. The van der Waals surface area contributed by atoms with E-state index in [0.29, 0.717) is 13.1 Å². The molecule has 164 valence electrons. The van der Waals surface area contributed by atoms with Crippen LogP contribution in [0.3, 0.4) is 0 Å². The van der Waals surface area contributed by atoms with Crippen molar-refractivity contribution in [1.29, 1.82) is 0 Å². The average Bonchev–Trinajstić information content (AvgIpc) is 3.23. The van der Waals surface area contributed by atoms with Crippen molar-refractivity contribution in [3.05, 3.63) is 24.3 Å². The van der Waals surface area contributed by atoms with Gasteiger partial charge in [-0.25, -0.2) is 4.79 Å². The Hall–Kier alpha value is -2.44. The van der Waals surface area contributed by atoms with Crippen molar-refractivity contribution < 1.29 is 14.3 Å². The van der Waals surface area contributed by atoms with E-state index in [1.54, 1.807) is 7.11 Å². The maximum atomic E-state index is 13.1. The van der Waals surface area contributed by atoms with Gasteiger partial charge in [0.1, 0.15) is 5.75 Å². The summed E-state index contributed by atoms with van der Waals surface area (Å²) in [6, 6.07) is 8.32. The molecular weight excluding hydrogens is 380 g/mol. The van der Waals surface area contributed by atoms with Crippen molar-refractivity contribution in [3.63, 3.8) is 0 Å². The zero-order chi connectivity index (χ0) is 20.9. The molecule has 7 nitrogen and oxygen atoms in total. The highest BCUT2D eigenvalue weighted by atomic mass is 16.5. The molecule has 0 radical (unpaired) electrons. The molecule has 0 unspecified atom stereocenters. The maximum Gasteiger partial charge on any atom is 0.319 e. The van der Waals surface area contributed by atoms with Gasteiger partial charge in [-0.15, -0.1) is 0 Å². The van der Waals surface area contributed by atoms with Crippen LogP contribution in [0.4, 0.5) is 10.5 Å². The van der Waals surface area contributed by atoms with Crippen LogP contribution in [0, 0.1) is 5.92 Å². The average molecular weight is 415 g/mol. The second kappa shape index (κ2) is 9.58. The van der Waals surface area contributed by atoms with Crippen LogP contribution in [0.2, 0.25) is 0 Å². The molecule has 3 aliphatic rings.